The minimum atomic E-state index is -0.460. The van der Waals surface area contributed by atoms with Gasteiger partial charge >= 0.3 is 6.09 Å². The van der Waals surface area contributed by atoms with Crippen LogP contribution in [0.4, 0.5) is 4.79 Å². The Morgan fingerprint density at radius 1 is 1.21 bits per heavy atom. The van der Waals surface area contributed by atoms with Gasteiger partial charge in [-0.15, -0.1) is 0 Å². The van der Waals surface area contributed by atoms with E-state index in [1.165, 1.54) is 6.20 Å². The number of carbonyl (C=O) groups is 1. The molecule has 0 spiro atoms. The Bertz CT molecular complexity index is 890. The van der Waals surface area contributed by atoms with Gasteiger partial charge in [-0.05, 0) is 64.0 Å². The van der Waals surface area contributed by atoms with Crippen LogP contribution in [0.5, 0.6) is 0 Å². The Labute approximate surface area is 166 Å². The first-order valence-corrected chi connectivity index (χ1v) is 10.1. The summed E-state index contributed by atoms with van der Waals surface area (Å²) in [6.07, 6.45) is 5.05. The van der Waals surface area contributed by atoms with Crippen LogP contribution in [0.25, 0.3) is 11.0 Å². The summed E-state index contributed by atoms with van der Waals surface area (Å²) in [4.78, 5) is 30.5. The van der Waals surface area contributed by atoms with Crippen molar-refractivity contribution < 1.29 is 9.53 Å². The van der Waals surface area contributed by atoms with Gasteiger partial charge in [0, 0.05) is 19.6 Å². The first-order valence-electron chi connectivity index (χ1n) is 10.1. The number of hydrogen-bond acceptors (Lipinski definition) is 4. The number of aromatic nitrogens is 2. The molecule has 2 heterocycles. The van der Waals surface area contributed by atoms with Crippen molar-refractivity contribution in [3.63, 3.8) is 0 Å². The maximum atomic E-state index is 12.3. The fraction of sp³-hybridized carbons (Fsp3) is 0.591. The zero-order chi connectivity index (χ0) is 20.4. The zero-order valence-corrected chi connectivity index (χ0v) is 17.4. The third kappa shape index (κ3) is 4.91. The van der Waals surface area contributed by atoms with Crippen LogP contribution in [0.2, 0.25) is 0 Å². The topological polar surface area (TPSA) is 64.4 Å². The lowest BCUT2D eigenvalue weighted by atomic mass is 9.77. The fourth-order valence-electron chi connectivity index (χ4n) is 3.81. The summed E-state index contributed by atoms with van der Waals surface area (Å²) in [7, 11) is 0. The molecule has 0 unspecified atom stereocenters. The number of nitrogens with zero attached hydrogens (tertiary/aromatic N) is 3. The number of ether oxygens (including phenoxy) is 1. The standard InChI is InChI=1S/C22H31N3O3/c1-21(2,3)28-20(27)24-14-11-22(4,12-15-24)10-7-13-25-18-9-6-5-8-17(18)23-16-19(25)26/h5-6,8-9,16H,7,10-15H2,1-4H3. The van der Waals surface area contributed by atoms with Crippen LogP contribution in [0.15, 0.2) is 35.3 Å². The van der Waals surface area contributed by atoms with E-state index in [4.69, 9.17) is 4.74 Å². The minimum absolute atomic E-state index is 0.0522. The number of para-hydroxylation sites is 2. The Morgan fingerprint density at radius 2 is 1.89 bits per heavy atom. The number of likely N-dealkylation sites (tertiary alicyclic amines) is 1. The van der Waals surface area contributed by atoms with Crippen LogP contribution in [0.3, 0.4) is 0 Å². The lowest BCUT2D eigenvalue weighted by molar-refractivity contribution is 0.0108. The molecule has 3 rings (SSSR count). The molecule has 0 saturated carbocycles. The van der Waals surface area contributed by atoms with Gasteiger partial charge in [0.15, 0.2) is 0 Å². The van der Waals surface area contributed by atoms with Crippen molar-refractivity contribution in [1.82, 2.24) is 14.5 Å². The van der Waals surface area contributed by atoms with Gasteiger partial charge in [0.25, 0.3) is 5.56 Å². The predicted molar refractivity (Wildman–Crippen MR) is 110 cm³/mol. The molecular weight excluding hydrogens is 354 g/mol. The molecule has 0 radical (unpaired) electrons. The molecule has 0 atom stereocenters. The van der Waals surface area contributed by atoms with E-state index in [0.717, 1.165) is 49.8 Å². The van der Waals surface area contributed by atoms with E-state index < -0.39 is 5.60 Å². The number of piperidine rings is 1. The Balaban J connectivity index is 1.56. The zero-order valence-electron chi connectivity index (χ0n) is 17.4. The molecule has 1 aromatic carbocycles. The maximum Gasteiger partial charge on any atom is 0.410 e. The Hall–Kier alpha value is -2.37. The monoisotopic (exact) mass is 385 g/mol. The summed E-state index contributed by atoms with van der Waals surface area (Å²) in [5.74, 6) is 0. The second-order valence-electron chi connectivity index (χ2n) is 9.12. The first kappa shape index (κ1) is 20.4. The summed E-state index contributed by atoms with van der Waals surface area (Å²) in [5.41, 5.74) is 1.41. The fourth-order valence-corrected chi connectivity index (χ4v) is 3.81. The lowest BCUT2D eigenvalue weighted by Gasteiger charge is -2.40. The van der Waals surface area contributed by atoms with Gasteiger partial charge < -0.3 is 14.2 Å². The van der Waals surface area contributed by atoms with Gasteiger partial charge in [0.05, 0.1) is 17.2 Å². The van der Waals surface area contributed by atoms with Gasteiger partial charge in [-0.2, -0.15) is 0 Å². The number of fused-ring (bicyclic) bond motifs is 1. The highest BCUT2D eigenvalue weighted by Crippen LogP contribution is 2.36. The summed E-state index contributed by atoms with van der Waals surface area (Å²) >= 11 is 0. The van der Waals surface area contributed by atoms with E-state index >= 15 is 0 Å². The molecule has 1 aliphatic rings. The average Bonchev–Trinajstić information content (AvgIpc) is 2.62. The lowest BCUT2D eigenvalue weighted by Crippen LogP contribution is -2.44. The van der Waals surface area contributed by atoms with Gasteiger partial charge in [-0.25, -0.2) is 9.78 Å². The van der Waals surface area contributed by atoms with Crippen LogP contribution in [0.1, 0.15) is 53.4 Å². The van der Waals surface area contributed by atoms with E-state index in [9.17, 15) is 9.59 Å². The molecule has 1 fully saturated rings. The minimum Gasteiger partial charge on any atom is -0.444 e. The van der Waals surface area contributed by atoms with E-state index in [0.29, 0.717) is 6.54 Å². The molecule has 28 heavy (non-hydrogen) atoms. The molecule has 6 heteroatoms. The number of rotatable bonds is 4. The van der Waals surface area contributed by atoms with Crippen molar-refractivity contribution in [3.05, 3.63) is 40.8 Å². The van der Waals surface area contributed by atoms with Crippen LogP contribution in [-0.2, 0) is 11.3 Å². The van der Waals surface area contributed by atoms with Crippen LogP contribution >= 0.6 is 0 Å². The van der Waals surface area contributed by atoms with E-state index in [1.54, 1.807) is 0 Å². The third-order valence-corrected chi connectivity index (χ3v) is 5.54. The van der Waals surface area contributed by atoms with Crippen molar-refractivity contribution in [2.24, 2.45) is 5.41 Å². The largest absolute Gasteiger partial charge is 0.444 e. The highest BCUT2D eigenvalue weighted by atomic mass is 16.6. The number of carbonyl (C=O) groups excluding carboxylic acids is 1. The second kappa shape index (κ2) is 7.94. The molecule has 152 valence electrons. The van der Waals surface area contributed by atoms with Crippen molar-refractivity contribution in [1.29, 1.82) is 0 Å². The number of hydrogen-bond donors (Lipinski definition) is 0. The molecule has 1 aromatic heterocycles. The van der Waals surface area contributed by atoms with Crippen molar-refractivity contribution >= 4 is 17.1 Å². The van der Waals surface area contributed by atoms with Gasteiger partial charge in [0.1, 0.15) is 5.60 Å². The van der Waals surface area contributed by atoms with Gasteiger partial charge in [-0.3, -0.25) is 4.79 Å². The molecule has 0 N–H and O–H groups in total. The summed E-state index contributed by atoms with van der Waals surface area (Å²) in [6, 6.07) is 7.75. The first-order chi connectivity index (χ1) is 13.2. The van der Waals surface area contributed by atoms with E-state index in [2.05, 4.69) is 11.9 Å². The SMILES string of the molecule is CC1(CCCn2c(=O)cnc3ccccc32)CCN(C(=O)OC(C)(C)C)CC1. The highest BCUT2D eigenvalue weighted by molar-refractivity contribution is 5.74. The summed E-state index contributed by atoms with van der Waals surface area (Å²) in [5, 5.41) is 0. The molecule has 2 aromatic rings. The normalized spacial score (nSPS) is 16.9. The smallest absolute Gasteiger partial charge is 0.410 e. The molecule has 1 aliphatic heterocycles. The van der Waals surface area contributed by atoms with Gasteiger partial charge in [0.2, 0.25) is 0 Å². The molecule has 1 amide bonds. The van der Waals surface area contributed by atoms with E-state index in [1.807, 2.05) is 54.5 Å². The molecular formula is C22H31N3O3. The Kier molecular flexibility index (Phi) is 5.77. The number of amides is 1. The van der Waals surface area contributed by atoms with Crippen LogP contribution in [-0.4, -0.2) is 39.2 Å². The number of aryl methyl sites for hydroxylation is 1. The predicted octanol–water partition coefficient (Wildman–Crippen LogP) is 4.21. The molecule has 0 bridgehead atoms. The van der Waals surface area contributed by atoms with Crippen LogP contribution in [0, 0.1) is 5.41 Å². The molecule has 1 saturated heterocycles. The average molecular weight is 386 g/mol. The van der Waals surface area contributed by atoms with Crippen LogP contribution < -0.4 is 5.56 Å². The Morgan fingerprint density at radius 3 is 2.57 bits per heavy atom. The second-order valence-corrected chi connectivity index (χ2v) is 9.12. The van der Waals surface area contributed by atoms with Crippen molar-refractivity contribution in [2.45, 2.75) is 65.5 Å². The summed E-state index contributed by atoms with van der Waals surface area (Å²) < 4.78 is 7.30. The maximum absolute atomic E-state index is 12.3. The third-order valence-electron chi connectivity index (χ3n) is 5.54. The summed E-state index contributed by atoms with van der Waals surface area (Å²) in [6.45, 7) is 10.1. The molecule has 6 nitrogen and oxygen atoms in total. The quantitative estimate of drug-likeness (QED) is 0.791. The molecule has 0 aliphatic carbocycles. The van der Waals surface area contributed by atoms with Gasteiger partial charge in [-0.1, -0.05) is 19.1 Å². The van der Waals surface area contributed by atoms with E-state index in [-0.39, 0.29) is 17.1 Å². The highest BCUT2D eigenvalue weighted by Gasteiger charge is 2.33. The van der Waals surface area contributed by atoms with Crippen molar-refractivity contribution in [2.75, 3.05) is 13.1 Å². The number of benzene rings is 1. The van der Waals surface area contributed by atoms with Crippen molar-refractivity contribution in [3.8, 4) is 0 Å².